The maximum absolute atomic E-state index is 12.4. The molecule has 1 heterocycles. The molecule has 0 spiro atoms. The predicted octanol–water partition coefficient (Wildman–Crippen LogP) is 4.08. The summed E-state index contributed by atoms with van der Waals surface area (Å²) in [6.45, 7) is 4.18. The lowest BCUT2D eigenvalue weighted by Gasteiger charge is -2.21. The minimum absolute atomic E-state index is 0.203. The molecule has 0 unspecified atom stereocenters. The van der Waals surface area contributed by atoms with Crippen molar-refractivity contribution in [3.63, 3.8) is 0 Å². The highest BCUT2D eigenvalue weighted by Crippen LogP contribution is 2.21. The number of benzene rings is 2. The number of carbonyl (C=O) groups excluding carboxylic acids is 2. The van der Waals surface area contributed by atoms with E-state index < -0.39 is 11.8 Å². The van der Waals surface area contributed by atoms with E-state index >= 15 is 0 Å². The van der Waals surface area contributed by atoms with Crippen LogP contribution in [0, 0.1) is 5.92 Å². The van der Waals surface area contributed by atoms with Gasteiger partial charge in [-0.2, -0.15) is 0 Å². The van der Waals surface area contributed by atoms with Crippen molar-refractivity contribution in [2.75, 3.05) is 5.32 Å². The van der Waals surface area contributed by atoms with Gasteiger partial charge in [-0.05, 0) is 42.2 Å². The van der Waals surface area contributed by atoms with Gasteiger partial charge in [-0.25, -0.2) is 0 Å². The van der Waals surface area contributed by atoms with Gasteiger partial charge in [0.15, 0.2) is 0 Å². The highest BCUT2D eigenvalue weighted by atomic mass is 16.2. The van der Waals surface area contributed by atoms with Gasteiger partial charge in [0.1, 0.15) is 0 Å². The van der Waals surface area contributed by atoms with Gasteiger partial charge in [0, 0.05) is 17.3 Å². The summed E-state index contributed by atoms with van der Waals surface area (Å²) in [6.07, 6.45) is 2.47. The Morgan fingerprint density at radius 3 is 2.48 bits per heavy atom. The summed E-state index contributed by atoms with van der Waals surface area (Å²) in [4.78, 5) is 29.0. The Bertz CT molecular complexity index is 938. The second kappa shape index (κ2) is 8.45. The summed E-state index contributed by atoms with van der Waals surface area (Å²) in [5.74, 6) is -0.940. The third-order valence-corrected chi connectivity index (χ3v) is 4.28. The van der Waals surface area contributed by atoms with E-state index in [4.69, 9.17) is 0 Å². The van der Waals surface area contributed by atoms with E-state index in [1.165, 1.54) is 0 Å². The first-order valence-electron chi connectivity index (χ1n) is 9.04. The zero-order valence-electron chi connectivity index (χ0n) is 15.5. The lowest BCUT2D eigenvalue weighted by molar-refractivity contribution is -0.136. The van der Waals surface area contributed by atoms with E-state index in [1.54, 1.807) is 18.3 Å². The zero-order valence-corrected chi connectivity index (χ0v) is 15.5. The molecule has 1 atom stereocenters. The number of amides is 2. The normalized spacial score (nSPS) is 12.0. The average Bonchev–Trinajstić information content (AvgIpc) is 2.67. The van der Waals surface area contributed by atoms with Crippen LogP contribution in [0.2, 0.25) is 0 Å². The molecule has 3 aromatic rings. The lowest BCUT2D eigenvalue weighted by atomic mass is 9.97. The molecule has 27 heavy (non-hydrogen) atoms. The molecule has 0 radical (unpaired) electrons. The Morgan fingerprint density at radius 2 is 1.74 bits per heavy atom. The molecule has 2 amide bonds. The van der Waals surface area contributed by atoms with Crippen LogP contribution in [0.1, 0.15) is 31.9 Å². The zero-order chi connectivity index (χ0) is 19.2. The van der Waals surface area contributed by atoms with Gasteiger partial charge in [0.2, 0.25) is 0 Å². The Balaban J connectivity index is 1.70. The summed E-state index contributed by atoms with van der Waals surface area (Å²) >= 11 is 0. The SMILES string of the molecule is CC(C)C[C@H](NC(=O)C(=O)Nc1ccc2ncccc2c1)c1ccccc1. The molecule has 138 valence electrons. The van der Waals surface area contributed by atoms with Crippen LogP contribution in [0.5, 0.6) is 0 Å². The largest absolute Gasteiger partial charge is 0.341 e. The highest BCUT2D eigenvalue weighted by Gasteiger charge is 2.21. The molecule has 0 aliphatic rings. The standard InChI is InChI=1S/C22H23N3O2/c1-15(2)13-20(16-7-4-3-5-8-16)25-22(27)21(26)24-18-10-11-19-17(14-18)9-6-12-23-19/h3-12,14-15,20H,13H2,1-2H3,(H,24,26)(H,25,27)/t20-/m0/s1. The number of fused-ring (bicyclic) bond motifs is 1. The molecule has 5 heteroatoms. The second-order valence-electron chi connectivity index (χ2n) is 6.93. The number of aromatic nitrogens is 1. The molecule has 1 aromatic heterocycles. The number of rotatable bonds is 5. The van der Waals surface area contributed by atoms with Gasteiger partial charge in [0.25, 0.3) is 0 Å². The van der Waals surface area contributed by atoms with Crippen molar-refractivity contribution in [2.45, 2.75) is 26.3 Å². The molecule has 5 nitrogen and oxygen atoms in total. The van der Waals surface area contributed by atoms with Crippen LogP contribution in [-0.4, -0.2) is 16.8 Å². The highest BCUT2D eigenvalue weighted by molar-refractivity contribution is 6.39. The minimum atomic E-state index is -0.678. The summed E-state index contributed by atoms with van der Waals surface area (Å²) < 4.78 is 0. The monoisotopic (exact) mass is 361 g/mol. The van der Waals surface area contributed by atoms with E-state index in [1.807, 2.05) is 48.5 Å². The molecule has 0 fully saturated rings. The van der Waals surface area contributed by atoms with E-state index in [2.05, 4.69) is 29.5 Å². The molecule has 0 saturated heterocycles. The second-order valence-corrected chi connectivity index (χ2v) is 6.93. The van der Waals surface area contributed by atoms with E-state index in [9.17, 15) is 9.59 Å². The van der Waals surface area contributed by atoms with Crippen molar-refractivity contribution in [3.8, 4) is 0 Å². The predicted molar refractivity (Wildman–Crippen MR) is 107 cm³/mol. The van der Waals surface area contributed by atoms with Gasteiger partial charge in [-0.3, -0.25) is 14.6 Å². The van der Waals surface area contributed by atoms with Crippen molar-refractivity contribution >= 4 is 28.4 Å². The molecule has 0 bridgehead atoms. The third kappa shape index (κ3) is 4.91. The quantitative estimate of drug-likeness (QED) is 0.673. The number of hydrogen-bond acceptors (Lipinski definition) is 3. The van der Waals surface area contributed by atoms with Gasteiger partial charge in [0.05, 0.1) is 11.6 Å². The van der Waals surface area contributed by atoms with E-state index in [0.29, 0.717) is 11.6 Å². The Labute approximate surface area is 158 Å². The maximum Gasteiger partial charge on any atom is 0.313 e. The Hall–Kier alpha value is -3.21. The average molecular weight is 361 g/mol. The van der Waals surface area contributed by atoms with Gasteiger partial charge < -0.3 is 10.6 Å². The molecule has 0 saturated carbocycles. The summed E-state index contributed by atoms with van der Waals surface area (Å²) in [7, 11) is 0. The smallest absolute Gasteiger partial charge is 0.313 e. The van der Waals surface area contributed by atoms with E-state index in [-0.39, 0.29) is 6.04 Å². The molecule has 2 aromatic carbocycles. The summed E-state index contributed by atoms with van der Waals surface area (Å²) in [5.41, 5.74) is 2.39. The van der Waals surface area contributed by atoms with Crippen LogP contribution in [0.4, 0.5) is 5.69 Å². The minimum Gasteiger partial charge on any atom is -0.341 e. The van der Waals surface area contributed by atoms with Gasteiger partial charge >= 0.3 is 11.8 Å². The fourth-order valence-electron chi connectivity index (χ4n) is 3.00. The number of hydrogen-bond donors (Lipinski definition) is 2. The van der Waals surface area contributed by atoms with Crippen molar-refractivity contribution < 1.29 is 9.59 Å². The van der Waals surface area contributed by atoms with Gasteiger partial charge in [-0.1, -0.05) is 50.2 Å². The number of pyridine rings is 1. The van der Waals surface area contributed by atoms with Crippen molar-refractivity contribution in [1.29, 1.82) is 0 Å². The lowest BCUT2D eigenvalue weighted by Crippen LogP contribution is -2.38. The van der Waals surface area contributed by atoms with Crippen LogP contribution in [-0.2, 0) is 9.59 Å². The molecule has 0 aliphatic carbocycles. The number of anilines is 1. The molecule has 3 rings (SSSR count). The topological polar surface area (TPSA) is 71.1 Å². The van der Waals surface area contributed by atoms with Crippen molar-refractivity contribution in [2.24, 2.45) is 5.92 Å². The Morgan fingerprint density at radius 1 is 0.963 bits per heavy atom. The van der Waals surface area contributed by atoms with E-state index in [0.717, 1.165) is 22.9 Å². The Kier molecular flexibility index (Phi) is 5.81. The fraction of sp³-hybridized carbons (Fsp3) is 0.227. The first-order valence-corrected chi connectivity index (χ1v) is 9.04. The van der Waals surface area contributed by atoms with Crippen LogP contribution >= 0.6 is 0 Å². The number of nitrogens with zero attached hydrogens (tertiary/aromatic N) is 1. The summed E-state index contributed by atoms with van der Waals surface area (Å²) in [5, 5.41) is 6.42. The van der Waals surface area contributed by atoms with Gasteiger partial charge in [-0.15, -0.1) is 0 Å². The van der Waals surface area contributed by atoms with Crippen molar-refractivity contribution in [1.82, 2.24) is 10.3 Å². The molecular formula is C22H23N3O2. The molecule has 2 N–H and O–H groups in total. The van der Waals surface area contributed by atoms with Crippen LogP contribution < -0.4 is 10.6 Å². The first-order chi connectivity index (χ1) is 13.0. The fourth-order valence-corrected chi connectivity index (χ4v) is 3.00. The van der Waals surface area contributed by atoms with Crippen LogP contribution in [0.15, 0.2) is 66.9 Å². The third-order valence-electron chi connectivity index (χ3n) is 4.28. The van der Waals surface area contributed by atoms with Crippen LogP contribution in [0.25, 0.3) is 10.9 Å². The molecule has 0 aliphatic heterocycles. The number of carbonyl (C=O) groups is 2. The number of nitrogens with one attached hydrogen (secondary N) is 2. The first kappa shape index (κ1) is 18.6. The maximum atomic E-state index is 12.4. The van der Waals surface area contributed by atoms with Crippen molar-refractivity contribution in [3.05, 3.63) is 72.4 Å². The molecular weight excluding hydrogens is 338 g/mol. The summed E-state index contributed by atoms with van der Waals surface area (Å²) in [6, 6.07) is 18.6. The van der Waals surface area contributed by atoms with Crippen LogP contribution in [0.3, 0.4) is 0 Å².